The van der Waals surface area contributed by atoms with E-state index in [2.05, 4.69) is 0 Å². The Balaban J connectivity index is 2.15. The van der Waals surface area contributed by atoms with Gasteiger partial charge in [0.25, 0.3) is 5.91 Å². The summed E-state index contributed by atoms with van der Waals surface area (Å²) in [6.45, 7) is 0.371. The molecule has 1 aliphatic rings. The maximum Gasteiger partial charge on any atom is 0.266 e. The summed E-state index contributed by atoms with van der Waals surface area (Å²) in [4.78, 5) is 25.4. The second-order valence-corrected chi connectivity index (χ2v) is 5.96. The molecule has 0 aromatic carbocycles. The largest absolute Gasteiger partial charge is 0.303 e. The van der Waals surface area contributed by atoms with Crippen LogP contribution in [0.4, 0.5) is 0 Å². The number of carbonyl (C=O) groups excluding carboxylic acids is 2. The van der Waals surface area contributed by atoms with Crippen molar-refractivity contribution in [1.82, 2.24) is 4.90 Å². The molecule has 0 atom stereocenters. The summed E-state index contributed by atoms with van der Waals surface area (Å²) >= 11 is 7.98. The number of thiophene rings is 1. The average Bonchev–Trinajstić information content (AvgIpc) is 2.89. The Hall–Kier alpha value is -0.980. The van der Waals surface area contributed by atoms with Crippen molar-refractivity contribution < 1.29 is 9.59 Å². The Labute approximate surface area is 112 Å². The van der Waals surface area contributed by atoms with Crippen LogP contribution >= 0.6 is 35.3 Å². The number of hydrogen-bond donors (Lipinski definition) is 0. The lowest BCUT2D eigenvalue weighted by Crippen LogP contribution is -2.29. The maximum absolute atomic E-state index is 12.0. The van der Waals surface area contributed by atoms with Crippen LogP contribution in [0.2, 0.25) is 0 Å². The molecular formula is C11H9NO2S3. The van der Waals surface area contributed by atoms with Gasteiger partial charge in [0, 0.05) is 17.8 Å². The second-order valence-electron chi connectivity index (χ2n) is 3.30. The maximum atomic E-state index is 12.0. The smallest absolute Gasteiger partial charge is 0.266 e. The number of aldehydes is 1. The molecule has 0 aliphatic carbocycles. The summed E-state index contributed by atoms with van der Waals surface area (Å²) in [5.41, 5.74) is 0. The average molecular weight is 283 g/mol. The highest BCUT2D eigenvalue weighted by Crippen LogP contribution is 2.33. The topological polar surface area (TPSA) is 37.4 Å². The molecule has 0 N–H and O–H groups in total. The molecule has 17 heavy (non-hydrogen) atoms. The van der Waals surface area contributed by atoms with E-state index in [1.807, 2.05) is 23.6 Å². The van der Waals surface area contributed by atoms with Crippen molar-refractivity contribution >= 4 is 57.9 Å². The highest BCUT2D eigenvalue weighted by atomic mass is 32.2. The fourth-order valence-corrected chi connectivity index (χ4v) is 3.41. The first-order valence-electron chi connectivity index (χ1n) is 4.95. The zero-order chi connectivity index (χ0) is 12.3. The van der Waals surface area contributed by atoms with Crippen LogP contribution in [0.15, 0.2) is 22.4 Å². The highest BCUT2D eigenvalue weighted by molar-refractivity contribution is 8.26. The van der Waals surface area contributed by atoms with Gasteiger partial charge in [0.2, 0.25) is 0 Å². The van der Waals surface area contributed by atoms with Gasteiger partial charge in [0.15, 0.2) is 0 Å². The third-order valence-electron chi connectivity index (χ3n) is 2.16. The van der Waals surface area contributed by atoms with Crippen molar-refractivity contribution in [2.24, 2.45) is 0 Å². The van der Waals surface area contributed by atoms with Crippen LogP contribution in [0.3, 0.4) is 0 Å². The molecule has 1 aromatic heterocycles. The van der Waals surface area contributed by atoms with Gasteiger partial charge in [0.05, 0.1) is 4.91 Å². The molecule has 2 rings (SSSR count). The monoisotopic (exact) mass is 283 g/mol. The molecule has 2 heterocycles. The SMILES string of the molecule is O=CCCN1C(=O)C(=Cc2cccs2)SC1=S. The number of carbonyl (C=O) groups is 2. The first-order valence-corrected chi connectivity index (χ1v) is 7.05. The van der Waals surface area contributed by atoms with Crippen LogP contribution in [-0.2, 0) is 9.59 Å². The Kier molecular flexibility index (Phi) is 4.09. The molecule has 0 saturated carbocycles. The van der Waals surface area contributed by atoms with E-state index in [0.717, 1.165) is 11.2 Å². The van der Waals surface area contributed by atoms with Crippen molar-refractivity contribution in [2.75, 3.05) is 6.54 Å². The van der Waals surface area contributed by atoms with Crippen LogP contribution in [0.1, 0.15) is 11.3 Å². The number of rotatable bonds is 4. The molecular weight excluding hydrogens is 274 g/mol. The molecule has 0 unspecified atom stereocenters. The lowest BCUT2D eigenvalue weighted by Gasteiger charge is -2.11. The van der Waals surface area contributed by atoms with Crippen molar-refractivity contribution in [3.63, 3.8) is 0 Å². The summed E-state index contributed by atoms with van der Waals surface area (Å²) in [7, 11) is 0. The summed E-state index contributed by atoms with van der Waals surface area (Å²) in [5.74, 6) is -0.102. The summed E-state index contributed by atoms with van der Waals surface area (Å²) < 4.78 is 0.527. The van der Waals surface area contributed by atoms with Gasteiger partial charge in [-0.2, -0.15) is 0 Å². The van der Waals surface area contributed by atoms with Crippen LogP contribution in [0, 0.1) is 0 Å². The molecule has 0 spiro atoms. The van der Waals surface area contributed by atoms with E-state index in [1.165, 1.54) is 16.7 Å². The summed E-state index contributed by atoms with van der Waals surface area (Å²) in [6.07, 6.45) is 2.95. The molecule has 0 radical (unpaired) electrons. The second kappa shape index (κ2) is 5.57. The third-order valence-corrected chi connectivity index (χ3v) is 4.36. The van der Waals surface area contributed by atoms with Crippen molar-refractivity contribution in [1.29, 1.82) is 0 Å². The lowest BCUT2D eigenvalue weighted by atomic mass is 10.3. The van der Waals surface area contributed by atoms with Gasteiger partial charge in [-0.3, -0.25) is 9.69 Å². The standard InChI is InChI=1S/C11H9NO2S3/c13-5-2-4-12-10(14)9(17-11(12)15)7-8-3-1-6-16-8/h1,3,5-7H,2,4H2. The molecule has 3 nitrogen and oxygen atoms in total. The molecule has 1 amide bonds. The number of hydrogen-bond acceptors (Lipinski definition) is 5. The Morgan fingerprint density at radius 2 is 2.29 bits per heavy atom. The van der Waals surface area contributed by atoms with Gasteiger partial charge >= 0.3 is 0 Å². The van der Waals surface area contributed by atoms with E-state index in [-0.39, 0.29) is 5.91 Å². The van der Waals surface area contributed by atoms with Gasteiger partial charge in [-0.1, -0.05) is 30.0 Å². The highest BCUT2D eigenvalue weighted by Gasteiger charge is 2.31. The van der Waals surface area contributed by atoms with Crippen molar-refractivity contribution in [2.45, 2.75) is 6.42 Å². The van der Waals surface area contributed by atoms with Gasteiger partial charge in [0.1, 0.15) is 10.6 Å². The Morgan fingerprint density at radius 1 is 1.47 bits per heavy atom. The van der Waals surface area contributed by atoms with Crippen molar-refractivity contribution in [3.8, 4) is 0 Å². The number of thioether (sulfide) groups is 1. The molecule has 1 aromatic rings. The number of nitrogens with zero attached hydrogens (tertiary/aromatic N) is 1. The minimum absolute atomic E-state index is 0.102. The number of thiocarbonyl (C=S) groups is 1. The Bertz CT molecular complexity index is 479. The first-order chi connectivity index (χ1) is 8.22. The summed E-state index contributed by atoms with van der Waals surface area (Å²) in [5, 5.41) is 1.96. The molecule has 1 aliphatic heterocycles. The summed E-state index contributed by atoms with van der Waals surface area (Å²) in [6, 6.07) is 3.88. The quantitative estimate of drug-likeness (QED) is 0.483. The van der Waals surface area contributed by atoms with Crippen LogP contribution < -0.4 is 0 Å². The van der Waals surface area contributed by atoms with E-state index < -0.39 is 0 Å². The fraction of sp³-hybridized carbons (Fsp3) is 0.182. The van der Waals surface area contributed by atoms with Gasteiger partial charge in [-0.05, 0) is 17.5 Å². The lowest BCUT2D eigenvalue weighted by molar-refractivity contribution is -0.122. The zero-order valence-corrected chi connectivity index (χ0v) is 11.2. The van der Waals surface area contributed by atoms with Crippen LogP contribution in [-0.4, -0.2) is 28.0 Å². The molecule has 0 bridgehead atoms. The van der Waals surface area contributed by atoms with Gasteiger partial charge in [-0.25, -0.2) is 0 Å². The van der Waals surface area contributed by atoms with Crippen LogP contribution in [0.25, 0.3) is 6.08 Å². The van der Waals surface area contributed by atoms with E-state index in [0.29, 0.717) is 22.2 Å². The fourth-order valence-electron chi connectivity index (χ4n) is 1.38. The first kappa shape index (κ1) is 12.5. The van der Waals surface area contributed by atoms with E-state index in [1.54, 1.807) is 11.3 Å². The molecule has 6 heteroatoms. The minimum Gasteiger partial charge on any atom is -0.303 e. The molecule has 1 fully saturated rings. The van der Waals surface area contributed by atoms with Gasteiger partial charge < -0.3 is 4.79 Å². The van der Waals surface area contributed by atoms with Gasteiger partial charge in [-0.15, -0.1) is 11.3 Å². The van der Waals surface area contributed by atoms with E-state index in [4.69, 9.17) is 12.2 Å². The van der Waals surface area contributed by atoms with Crippen LogP contribution in [0.5, 0.6) is 0 Å². The molecule has 88 valence electrons. The molecule has 1 saturated heterocycles. The third kappa shape index (κ3) is 2.83. The predicted octanol–water partition coefficient (Wildman–Crippen LogP) is 2.54. The predicted molar refractivity (Wildman–Crippen MR) is 74.9 cm³/mol. The number of amides is 1. The zero-order valence-electron chi connectivity index (χ0n) is 8.79. The van der Waals surface area contributed by atoms with E-state index >= 15 is 0 Å². The minimum atomic E-state index is -0.102. The Morgan fingerprint density at radius 3 is 2.94 bits per heavy atom. The normalized spacial score (nSPS) is 18.1. The van der Waals surface area contributed by atoms with Crippen molar-refractivity contribution in [3.05, 3.63) is 27.3 Å². The van der Waals surface area contributed by atoms with E-state index in [9.17, 15) is 9.59 Å².